The second-order valence-corrected chi connectivity index (χ2v) is 3.76. The van der Waals surface area contributed by atoms with Crippen LogP contribution < -0.4 is 0 Å². The van der Waals surface area contributed by atoms with Crippen molar-refractivity contribution in [1.82, 2.24) is 0 Å². The van der Waals surface area contributed by atoms with Gasteiger partial charge in [-0.1, -0.05) is 5.04 Å². The van der Waals surface area contributed by atoms with Crippen molar-refractivity contribution in [3.8, 4) is 0 Å². The molecule has 0 atom stereocenters. The molecule has 0 bridgehead atoms. The average Bonchev–Trinajstić information content (AvgIpc) is 1.33. The molecule has 0 saturated carbocycles. The Labute approximate surface area is 46.1 Å². The van der Waals surface area contributed by atoms with Crippen molar-refractivity contribution in [1.29, 1.82) is 0 Å². The van der Waals surface area contributed by atoms with E-state index >= 15 is 0 Å². The predicted octanol–water partition coefficient (Wildman–Crippen LogP) is 0.443. The van der Waals surface area contributed by atoms with Gasteiger partial charge in [-0.2, -0.15) is 0 Å². The maximum Gasteiger partial charge on any atom is 0.0969 e. The maximum atomic E-state index is 6.62. The summed E-state index contributed by atoms with van der Waals surface area (Å²) in [6.07, 6.45) is 6.58. The van der Waals surface area contributed by atoms with E-state index in [1.807, 2.05) is 0 Å². The van der Waals surface area contributed by atoms with E-state index in [0.717, 1.165) is 0 Å². The van der Waals surface area contributed by atoms with Crippen LogP contribution in [0.1, 0.15) is 0 Å². The molecule has 2 N–H and O–H groups in total. The van der Waals surface area contributed by atoms with Crippen LogP contribution >= 0.6 is 0 Å². The lowest BCUT2D eigenvalue weighted by Gasteiger charge is -1.69. The molecule has 0 amide bonds. The van der Waals surface area contributed by atoms with E-state index in [1.54, 1.807) is 0 Å². The molecule has 7 heavy (non-hydrogen) atoms. The molecule has 3 nitrogen and oxygen atoms in total. The molecule has 0 aromatic rings. The molecule has 0 aromatic heterocycles. The second-order valence-electron chi connectivity index (χ2n) is 1.31. The van der Waals surface area contributed by atoms with E-state index in [4.69, 9.17) is 10.5 Å². The van der Waals surface area contributed by atoms with Gasteiger partial charge in [0, 0.05) is 0 Å². The van der Waals surface area contributed by atoms with Gasteiger partial charge in [0.25, 0.3) is 0 Å². The van der Waals surface area contributed by atoms with Gasteiger partial charge in [0.15, 0.2) is 0 Å². The summed E-state index contributed by atoms with van der Waals surface area (Å²) in [6, 6.07) is 0. The monoisotopic (exact) mass is 127 g/mol. The van der Waals surface area contributed by atoms with E-state index in [0.29, 0.717) is 10.9 Å². The first-order chi connectivity index (χ1) is 3.15. The maximum absolute atomic E-state index is 6.62. The van der Waals surface area contributed by atoms with Gasteiger partial charge in [0.1, 0.15) is 0 Å². The quantitative estimate of drug-likeness (QED) is 0.282. The fraction of sp³-hybridized carbons (Fsp3) is 1.00. The van der Waals surface area contributed by atoms with Crippen LogP contribution in [0.2, 0.25) is 0 Å². The first-order valence-electron chi connectivity index (χ1n) is 1.59. The third kappa shape index (κ3) is 2110. The highest BCUT2D eigenvalue weighted by molar-refractivity contribution is 7.94. The standard InChI is InChI=1S/C3H9S.H2O3/c1-4(2)3;1-3-2/h1-3H3;1-2H/q+1;. The normalized spacial score (nSPS) is 7.71. The van der Waals surface area contributed by atoms with E-state index in [1.165, 1.54) is 0 Å². The van der Waals surface area contributed by atoms with Crippen LogP contribution in [0, 0.1) is 0 Å². The molecule has 0 rings (SSSR count). The van der Waals surface area contributed by atoms with Gasteiger partial charge in [-0.15, -0.1) is 0 Å². The Morgan fingerprint density at radius 1 is 1.14 bits per heavy atom. The van der Waals surface area contributed by atoms with Gasteiger partial charge in [-0.3, -0.25) is 0 Å². The van der Waals surface area contributed by atoms with Crippen molar-refractivity contribution in [2.45, 2.75) is 0 Å². The summed E-state index contributed by atoms with van der Waals surface area (Å²) in [5.41, 5.74) is 0. The zero-order valence-corrected chi connectivity index (χ0v) is 5.53. The Bertz CT molecular complexity index is 21.4. The van der Waals surface area contributed by atoms with Crippen LogP contribution in [0.5, 0.6) is 0 Å². The molecular formula is C3H11O3S+. The van der Waals surface area contributed by atoms with Crippen LogP contribution in [0.4, 0.5) is 0 Å². The van der Waals surface area contributed by atoms with Crippen LogP contribution in [-0.4, -0.2) is 29.3 Å². The van der Waals surface area contributed by atoms with Crippen molar-refractivity contribution in [2.75, 3.05) is 18.8 Å². The van der Waals surface area contributed by atoms with E-state index < -0.39 is 0 Å². The lowest BCUT2D eigenvalue weighted by atomic mass is 11.9. The highest BCUT2D eigenvalue weighted by atomic mass is 32.2. The average molecular weight is 127 g/mol. The van der Waals surface area contributed by atoms with Gasteiger partial charge in [-0.05, 0) is 10.9 Å². The van der Waals surface area contributed by atoms with Crippen molar-refractivity contribution in [3.05, 3.63) is 0 Å². The molecule has 0 fully saturated rings. The van der Waals surface area contributed by atoms with Crippen molar-refractivity contribution >= 4 is 10.9 Å². The van der Waals surface area contributed by atoms with Crippen LogP contribution in [0.15, 0.2) is 0 Å². The third-order valence-corrected chi connectivity index (χ3v) is 0. The first kappa shape index (κ1) is 10.3. The van der Waals surface area contributed by atoms with E-state index in [2.05, 4.69) is 23.8 Å². The topological polar surface area (TPSA) is 49.7 Å². The molecule has 0 heterocycles. The highest BCUT2D eigenvalue weighted by Crippen LogP contribution is 1.63. The molecule has 0 aromatic carbocycles. The molecular weight excluding hydrogens is 116 g/mol. The summed E-state index contributed by atoms with van der Waals surface area (Å²) < 4.78 is 0. The molecule has 0 unspecified atom stereocenters. The van der Waals surface area contributed by atoms with E-state index in [-0.39, 0.29) is 0 Å². The van der Waals surface area contributed by atoms with Gasteiger partial charge in [0.05, 0.1) is 18.8 Å². The van der Waals surface area contributed by atoms with E-state index in [9.17, 15) is 0 Å². The van der Waals surface area contributed by atoms with Crippen LogP contribution in [-0.2, 0) is 15.9 Å². The molecule has 0 spiro atoms. The minimum atomic E-state index is 0.639. The van der Waals surface area contributed by atoms with Crippen molar-refractivity contribution in [2.24, 2.45) is 0 Å². The van der Waals surface area contributed by atoms with Gasteiger partial charge in [-0.25, -0.2) is 10.5 Å². The molecule has 46 valence electrons. The Kier molecular flexibility index (Phi) is 14.0. The minimum Gasteiger partial charge on any atom is -0.221 e. The Hall–Kier alpha value is 0.230. The summed E-state index contributed by atoms with van der Waals surface area (Å²) in [4.78, 5) is 0. The largest absolute Gasteiger partial charge is 0.221 e. The number of hydrogen-bond donors (Lipinski definition) is 2. The highest BCUT2D eigenvalue weighted by Gasteiger charge is 1.77. The second kappa shape index (κ2) is 9.52. The fourth-order valence-corrected chi connectivity index (χ4v) is 0. The fourth-order valence-electron chi connectivity index (χ4n) is 0. The SMILES string of the molecule is C[S+](C)C.OOO. The summed E-state index contributed by atoms with van der Waals surface area (Å²) in [6.45, 7) is 0. The Balaban J connectivity index is 0. The first-order valence-corrected chi connectivity index (χ1v) is 4.04. The smallest absolute Gasteiger partial charge is 0.0969 e. The zero-order chi connectivity index (χ0) is 6.28. The Morgan fingerprint density at radius 3 is 1.14 bits per heavy atom. The van der Waals surface area contributed by atoms with Gasteiger partial charge >= 0.3 is 0 Å². The molecule has 4 heteroatoms. The van der Waals surface area contributed by atoms with Crippen molar-refractivity contribution < 1.29 is 15.6 Å². The number of rotatable bonds is 0. The lowest BCUT2D eigenvalue weighted by Crippen LogP contribution is -1.84. The summed E-state index contributed by atoms with van der Waals surface area (Å²) in [7, 11) is 0.639. The Morgan fingerprint density at radius 2 is 1.14 bits per heavy atom. The molecule has 0 radical (unpaired) electrons. The van der Waals surface area contributed by atoms with Gasteiger partial charge in [0.2, 0.25) is 0 Å². The lowest BCUT2D eigenvalue weighted by molar-refractivity contribution is -0.465. The summed E-state index contributed by atoms with van der Waals surface area (Å²) >= 11 is 0. The van der Waals surface area contributed by atoms with Crippen LogP contribution in [0.25, 0.3) is 0 Å². The molecule has 0 aliphatic heterocycles. The summed E-state index contributed by atoms with van der Waals surface area (Å²) in [5, 5.41) is 15.5. The zero-order valence-electron chi connectivity index (χ0n) is 4.71. The molecule has 0 saturated heterocycles. The minimum absolute atomic E-state index is 0.639. The summed E-state index contributed by atoms with van der Waals surface area (Å²) in [5.74, 6) is 0. The molecule has 0 aliphatic carbocycles. The number of hydrogen-bond acceptors (Lipinski definition) is 3. The van der Waals surface area contributed by atoms with Crippen LogP contribution in [0.3, 0.4) is 0 Å². The van der Waals surface area contributed by atoms with Crippen molar-refractivity contribution in [3.63, 3.8) is 0 Å². The van der Waals surface area contributed by atoms with Gasteiger partial charge < -0.3 is 0 Å². The molecule has 0 aliphatic rings. The third-order valence-electron chi connectivity index (χ3n) is 0. The predicted molar refractivity (Wildman–Crippen MR) is 31.5 cm³/mol.